The summed E-state index contributed by atoms with van der Waals surface area (Å²) in [6.45, 7) is 7.49. The standard InChI is InChI=1S/C16H22N2S2/c1-4-16-18-14(11-20-16)10-19-15-8-6-13(7-9-15)12(3)17-5-2/h6-9,11-12,17H,4-5,10H2,1-3H3. The van der Waals surface area contributed by atoms with Crippen LogP contribution in [0.1, 0.15) is 43.1 Å². The van der Waals surface area contributed by atoms with E-state index in [4.69, 9.17) is 0 Å². The van der Waals surface area contributed by atoms with E-state index in [0.29, 0.717) is 6.04 Å². The molecule has 0 saturated carbocycles. The van der Waals surface area contributed by atoms with Gasteiger partial charge >= 0.3 is 0 Å². The van der Waals surface area contributed by atoms with E-state index in [1.54, 1.807) is 11.3 Å². The van der Waals surface area contributed by atoms with E-state index in [9.17, 15) is 0 Å². The van der Waals surface area contributed by atoms with Crippen molar-refractivity contribution in [3.05, 3.63) is 45.9 Å². The summed E-state index contributed by atoms with van der Waals surface area (Å²) in [7, 11) is 0. The Morgan fingerprint density at radius 3 is 2.60 bits per heavy atom. The van der Waals surface area contributed by atoms with Gasteiger partial charge in [-0.15, -0.1) is 23.1 Å². The second kappa shape index (κ2) is 7.81. The van der Waals surface area contributed by atoms with Crippen molar-refractivity contribution in [3.63, 3.8) is 0 Å². The fourth-order valence-corrected chi connectivity index (χ4v) is 3.65. The van der Waals surface area contributed by atoms with Crippen LogP contribution >= 0.6 is 23.1 Å². The van der Waals surface area contributed by atoms with Crippen LogP contribution in [0.4, 0.5) is 0 Å². The zero-order chi connectivity index (χ0) is 14.4. The van der Waals surface area contributed by atoms with Crippen LogP contribution < -0.4 is 5.32 Å². The van der Waals surface area contributed by atoms with Crippen LogP contribution in [0.3, 0.4) is 0 Å². The highest BCUT2D eigenvalue weighted by atomic mass is 32.2. The van der Waals surface area contributed by atoms with Crippen LogP contribution in [0, 0.1) is 0 Å². The lowest BCUT2D eigenvalue weighted by molar-refractivity contribution is 0.598. The van der Waals surface area contributed by atoms with Crippen LogP contribution in [0.2, 0.25) is 0 Å². The molecule has 0 fully saturated rings. The topological polar surface area (TPSA) is 24.9 Å². The SMILES string of the molecule is CCNC(C)c1ccc(SCc2csc(CC)n2)cc1. The van der Waals surface area contributed by atoms with Crippen LogP contribution in [0.5, 0.6) is 0 Å². The lowest BCUT2D eigenvalue weighted by Crippen LogP contribution is -2.17. The van der Waals surface area contributed by atoms with E-state index in [2.05, 4.69) is 60.7 Å². The molecule has 1 N–H and O–H groups in total. The number of aromatic nitrogens is 1. The number of aryl methyl sites for hydroxylation is 1. The van der Waals surface area contributed by atoms with E-state index >= 15 is 0 Å². The number of nitrogens with one attached hydrogen (secondary N) is 1. The molecule has 0 aliphatic rings. The summed E-state index contributed by atoms with van der Waals surface area (Å²) in [4.78, 5) is 5.91. The smallest absolute Gasteiger partial charge is 0.0925 e. The van der Waals surface area contributed by atoms with Gasteiger partial charge in [-0.2, -0.15) is 0 Å². The molecule has 2 aromatic rings. The predicted octanol–water partition coefficient (Wildman–Crippen LogP) is 4.67. The van der Waals surface area contributed by atoms with Gasteiger partial charge in [-0.05, 0) is 37.6 Å². The van der Waals surface area contributed by atoms with Crippen molar-refractivity contribution in [2.75, 3.05) is 6.54 Å². The van der Waals surface area contributed by atoms with Gasteiger partial charge in [-0.25, -0.2) is 4.98 Å². The van der Waals surface area contributed by atoms with Crippen LogP contribution in [0.15, 0.2) is 34.5 Å². The van der Waals surface area contributed by atoms with Crippen LogP contribution in [-0.4, -0.2) is 11.5 Å². The first kappa shape index (κ1) is 15.5. The average molecular weight is 306 g/mol. The van der Waals surface area contributed by atoms with Crippen molar-refractivity contribution < 1.29 is 0 Å². The number of thioether (sulfide) groups is 1. The minimum atomic E-state index is 0.421. The number of hydrogen-bond donors (Lipinski definition) is 1. The lowest BCUT2D eigenvalue weighted by Gasteiger charge is -2.12. The summed E-state index contributed by atoms with van der Waals surface area (Å²) in [5.74, 6) is 0.957. The van der Waals surface area contributed by atoms with E-state index in [1.807, 2.05) is 11.8 Å². The molecule has 1 unspecified atom stereocenters. The fourth-order valence-electron chi connectivity index (χ4n) is 2.01. The average Bonchev–Trinajstić information content (AvgIpc) is 2.94. The molecule has 0 aliphatic carbocycles. The molecule has 1 aromatic heterocycles. The molecule has 108 valence electrons. The van der Waals surface area contributed by atoms with Gasteiger partial charge in [0.05, 0.1) is 10.7 Å². The van der Waals surface area contributed by atoms with Crippen molar-refractivity contribution in [1.82, 2.24) is 10.3 Å². The molecule has 1 atom stereocenters. The summed E-state index contributed by atoms with van der Waals surface area (Å²) in [5, 5.41) is 6.84. The molecule has 2 rings (SSSR count). The van der Waals surface area contributed by atoms with Gasteiger partial charge < -0.3 is 5.32 Å². The molecular formula is C16H22N2S2. The molecule has 0 aliphatic heterocycles. The molecule has 0 bridgehead atoms. The second-order valence-electron chi connectivity index (χ2n) is 4.72. The Bertz CT molecular complexity index is 520. The van der Waals surface area contributed by atoms with Gasteiger partial charge in [0.25, 0.3) is 0 Å². The molecule has 0 saturated heterocycles. The first-order chi connectivity index (χ1) is 9.72. The van der Waals surface area contributed by atoms with Crippen molar-refractivity contribution in [2.24, 2.45) is 0 Å². The Balaban J connectivity index is 1.90. The van der Waals surface area contributed by atoms with Gasteiger partial charge in [0.15, 0.2) is 0 Å². The molecule has 4 heteroatoms. The number of thiazole rings is 1. The van der Waals surface area contributed by atoms with Crippen molar-refractivity contribution in [3.8, 4) is 0 Å². The summed E-state index contributed by atoms with van der Waals surface area (Å²) in [5.41, 5.74) is 2.54. The summed E-state index contributed by atoms with van der Waals surface area (Å²) < 4.78 is 0. The number of benzene rings is 1. The van der Waals surface area contributed by atoms with E-state index in [-0.39, 0.29) is 0 Å². The summed E-state index contributed by atoms with van der Waals surface area (Å²) in [6, 6.07) is 9.27. The quantitative estimate of drug-likeness (QED) is 0.753. The highest BCUT2D eigenvalue weighted by Gasteiger charge is 2.05. The Morgan fingerprint density at radius 1 is 1.25 bits per heavy atom. The first-order valence-electron chi connectivity index (χ1n) is 7.12. The molecular weight excluding hydrogens is 284 g/mol. The largest absolute Gasteiger partial charge is 0.310 e. The summed E-state index contributed by atoms with van der Waals surface area (Å²) in [6.07, 6.45) is 1.03. The van der Waals surface area contributed by atoms with Crippen molar-refractivity contribution >= 4 is 23.1 Å². The van der Waals surface area contributed by atoms with Crippen molar-refractivity contribution in [2.45, 2.75) is 43.9 Å². The zero-order valence-electron chi connectivity index (χ0n) is 12.3. The number of hydrogen-bond acceptors (Lipinski definition) is 4. The third kappa shape index (κ3) is 4.33. The Hall–Kier alpha value is -0.840. The maximum absolute atomic E-state index is 4.60. The summed E-state index contributed by atoms with van der Waals surface area (Å²) >= 11 is 3.62. The predicted molar refractivity (Wildman–Crippen MR) is 89.6 cm³/mol. The Labute approximate surface area is 130 Å². The molecule has 2 nitrogen and oxygen atoms in total. The fraction of sp³-hybridized carbons (Fsp3) is 0.438. The highest BCUT2D eigenvalue weighted by Crippen LogP contribution is 2.25. The maximum atomic E-state index is 4.60. The van der Waals surface area contributed by atoms with E-state index < -0.39 is 0 Å². The number of nitrogens with zero attached hydrogens (tertiary/aromatic N) is 1. The first-order valence-corrected chi connectivity index (χ1v) is 8.98. The molecule has 20 heavy (non-hydrogen) atoms. The van der Waals surface area contributed by atoms with E-state index in [1.165, 1.54) is 21.2 Å². The van der Waals surface area contributed by atoms with Gasteiger partial charge in [-0.1, -0.05) is 26.0 Å². The van der Waals surface area contributed by atoms with E-state index in [0.717, 1.165) is 18.7 Å². The lowest BCUT2D eigenvalue weighted by atomic mass is 10.1. The third-order valence-electron chi connectivity index (χ3n) is 3.18. The molecule has 1 aromatic carbocycles. The number of rotatable bonds is 7. The Kier molecular flexibility index (Phi) is 6.07. The second-order valence-corrected chi connectivity index (χ2v) is 6.71. The van der Waals surface area contributed by atoms with Gasteiger partial charge in [-0.3, -0.25) is 0 Å². The van der Waals surface area contributed by atoms with Gasteiger partial charge in [0, 0.05) is 22.1 Å². The third-order valence-corrected chi connectivity index (χ3v) is 5.27. The Morgan fingerprint density at radius 2 is 2.00 bits per heavy atom. The molecule has 0 spiro atoms. The molecule has 1 heterocycles. The van der Waals surface area contributed by atoms with Gasteiger partial charge in [0.2, 0.25) is 0 Å². The minimum absolute atomic E-state index is 0.421. The molecule has 0 amide bonds. The molecule has 0 radical (unpaired) electrons. The van der Waals surface area contributed by atoms with Gasteiger partial charge in [0.1, 0.15) is 0 Å². The zero-order valence-corrected chi connectivity index (χ0v) is 14.0. The monoisotopic (exact) mass is 306 g/mol. The van der Waals surface area contributed by atoms with Crippen LogP contribution in [0.25, 0.3) is 0 Å². The highest BCUT2D eigenvalue weighted by molar-refractivity contribution is 7.98. The maximum Gasteiger partial charge on any atom is 0.0925 e. The minimum Gasteiger partial charge on any atom is -0.310 e. The van der Waals surface area contributed by atoms with Crippen molar-refractivity contribution in [1.29, 1.82) is 0 Å². The van der Waals surface area contributed by atoms with Crippen LogP contribution in [-0.2, 0) is 12.2 Å². The normalized spacial score (nSPS) is 12.6.